The zero-order valence-corrected chi connectivity index (χ0v) is 14.4. The van der Waals surface area contributed by atoms with Gasteiger partial charge in [0.05, 0.1) is 10.7 Å². The molecule has 0 aliphatic rings. The third kappa shape index (κ3) is 4.29. The van der Waals surface area contributed by atoms with Crippen molar-refractivity contribution in [1.29, 1.82) is 5.26 Å². The lowest BCUT2D eigenvalue weighted by Crippen LogP contribution is -2.18. The summed E-state index contributed by atoms with van der Waals surface area (Å²) in [5.41, 5.74) is -0.281. The first-order valence-corrected chi connectivity index (χ1v) is 9.51. The number of nitrogens with two attached hydrogens (primary N) is 2. The predicted molar refractivity (Wildman–Crippen MR) is 85.6 cm³/mol. The number of hydrogen-bond acceptors (Lipinski definition) is 9. The van der Waals surface area contributed by atoms with Crippen molar-refractivity contribution in [2.24, 2.45) is 10.3 Å². The number of rotatable bonds is 5. The highest BCUT2D eigenvalue weighted by atomic mass is 35.5. The maximum Gasteiger partial charge on any atom is 0.240 e. The van der Waals surface area contributed by atoms with E-state index in [2.05, 4.69) is 25.9 Å². The van der Waals surface area contributed by atoms with Gasteiger partial charge in [-0.1, -0.05) is 11.6 Å². The Kier molecular flexibility index (Phi) is 5.06. The highest BCUT2D eigenvalue weighted by Gasteiger charge is 2.22. The van der Waals surface area contributed by atoms with E-state index in [1.807, 2.05) is 0 Å². The number of nitrogens with zero attached hydrogens (tertiary/aromatic N) is 4. The van der Waals surface area contributed by atoms with Crippen molar-refractivity contribution < 1.29 is 16.8 Å². The minimum atomic E-state index is -4.34. The van der Waals surface area contributed by atoms with E-state index >= 15 is 0 Å². The molecule has 0 saturated heterocycles. The SMILES string of the molecule is N#CC(=CNc1cc(Cl)c(S(N)(=O)=O)cc1S(N)(=O)=O)c1nn[nH]n1. The van der Waals surface area contributed by atoms with Crippen LogP contribution >= 0.6 is 11.6 Å². The second-order valence-electron chi connectivity index (χ2n) is 4.42. The number of sulfonamides is 2. The minimum Gasteiger partial charge on any atom is -0.359 e. The topological polar surface area (TPSA) is 211 Å². The molecule has 1 aromatic carbocycles. The van der Waals surface area contributed by atoms with Crippen molar-refractivity contribution in [1.82, 2.24) is 20.6 Å². The van der Waals surface area contributed by atoms with Crippen molar-refractivity contribution in [3.8, 4) is 6.07 Å². The lowest BCUT2D eigenvalue weighted by Gasteiger charge is -2.11. The fraction of sp³-hybridized carbons (Fsp3) is 0. The van der Waals surface area contributed by atoms with E-state index in [1.54, 1.807) is 6.07 Å². The van der Waals surface area contributed by atoms with Crippen LogP contribution in [0.25, 0.3) is 5.57 Å². The van der Waals surface area contributed by atoms with Crippen molar-refractivity contribution in [2.45, 2.75) is 9.79 Å². The number of tetrazole rings is 1. The van der Waals surface area contributed by atoms with Gasteiger partial charge in [-0.05, 0) is 17.3 Å². The third-order valence-corrected chi connectivity index (χ3v) is 5.05. The first-order valence-electron chi connectivity index (χ1n) is 6.04. The van der Waals surface area contributed by atoms with Crippen LogP contribution in [0.15, 0.2) is 28.1 Å². The largest absolute Gasteiger partial charge is 0.359 e. The Morgan fingerprint density at radius 2 is 1.88 bits per heavy atom. The molecule has 12 nitrogen and oxygen atoms in total. The molecule has 0 unspecified atom stereocenters. The van der Waals surface area contributed by atoms with Gasteiger partial charge >= 0.3 is 0 Å². The van der Waals surface area contributed by atoms with Crippen molar-refractivity contribution in [3.05, 3.63) is 29.2 Å². The van der Waals surface area contributed by atoms with E-state index in [4.69, 9.17) is 27.1 Å². The smallest absolute Gasteiger partial charge is 0.240 e. The second-order valence-corrected chi connectivity index (χ2v) is 7.89. The zero-order valence-electron chi connectivity index (χ0n) is 12.0. The number of nitriles is 1. The molecule has 2 rings (SSSR count). The van der Waals surface area contributed by atoms with E-state index in [0.29, 0.717) is 6.07 Å². The van der Waals surface area contributed by atoms with Gasteiger partial charge in [0, 0.05) is 6.20 Å². The van der Waals surface area contributed by atoms with E-state index in [0.717, 1.165) is 12.3 Å². The van der Waals surface area contributed by atoms with Crippen LogP contribution in [0.5, 0.6) is 0 Å². The average molecular weight is 405 g/mol. The van der Waals surface area contributed by atoms with Gasteiger partial charge in [0.25, 0.3) is 0 Å². The van der Waals surface area contributed by atoms with E-state index in [9.17, 15) is 16.8 Å². The highest BCUT2D eigenvalue weighted by Crippen LogP contribution is 2.30. The van der Waals surface area contributed by atoms with Crippen LogP contribution in [0.2, 0.25) is 5.02 Å². The molecular formula is C10H9ClN8O4S2. The summed E-state index contributed by atoms with van der Waals surface area (Å²) < 4.78 is 46.4. The number of primary sulfonamides is 2. The molecule has 1 aromatic heterocycles. The molecule has 15 heteroatoms. The van der Waals surface area contributed by atoms with Crippen molar-refractivity contribution in [2.75, 3.05) is 5.32 Å². The van der Waals surface area contributed by atoms with E-state index in [1.165, 1.54) is 0 Å². The van der Waals surface area contributed by atoms with E-state index < -0.39 is 29.8 Å². The van der Waals surface area contributed by atoms with Crippen molar-refractivity contribution in [3.63, 3.8) is 0 Å². The summed E-state index contributed by atoms with van der Waals surface area (Å²) in [5.74, 6) is -0.0561. The molecule has 0 aliphatic carbocycles. The molecular weight excluding hydrogens is 396 g/mol. The van der Waals surface area contributed by atoms with Gasteiger partial charge in [-0.15, -0.1) is 10.2 Å². The number of aromatic nitrogens is 4. The molecule has 132 valence electrons. The Labute approximate surface area is 146 Å². The molecule has 0 atom stereocenters. The number of aromatic amines is 1. The van der Waals surface area contributed by atoms with Crippen LogP contribution in [-0.2, 0) is 20.0 Å². The van der Waals surface area contributed by atoms with Crippen molar-refractivity contribution >= 4 is 42.9 Å². The number of hydrogen-bond donors (Lipinski definition) is 4. The lowest BCUT2D eigenvalue weighted by molar-refractivity contribution is 0.596. The number of H-pyrrole nitrogens is 1. The maximum atomic E-state index is 11.7. The third-order valence-electron chi connectivity index (χ3n) is 2.73. The summed E-state index contributed by atoms with van der Waals surface area (Å²) in [7, 11) is -8.63. The van der Waals surface area contributed by atoms with E-state index in [-0.39, 0.29) is 22.1 Å². The van der Waals surface area contributed by atoms with Gasteiger partial charge in [0.15, 0.2) is 0 Å². The van der Waals surface area contributed by atoms with Crippen LogP contribution in [0.4, 0.5) is 5.69 Å². The van der Waals surface area contributed by atoms with Gasteiger partial charge in [-0.25, -0.2) is 27.1 Å². The molecule has 0 bridgehead atoms. The number of nitrogens with one attached hydrogen (secondary N) is 2. The molecule has 0 radical (unpaired) electrons. The molecule has 6 N–H and O–H groups in total. The molecule has 0 aliphatic heterocycles. The lowest BCUT2D eigenvalue weighted by atomic mass is 10.3. The molecule has 2 aromatic rings. The van der Waals surface area contributed by atoms with Gasteiger partial charge in [0.1, 0.15) is 21.4 Å². The maximum absolute atomic E-state index is 11.7. The number of anilines is 1. The summed E-state index contributed by atoms with van der Waals surface area (Å²) in [4.78, 5) is -1.21. The second kappa shape index (κ2) is 6.74. The Balaban J connectivity index is 2.58. The summed E-state index contributed by atoms with van der Waals surface area (Å²) in [6.07, 6.45) is 1.07. The van der Waals surface area contributed by atoms with Gasteiger partial charge in [0.2, 0.25) is 25.9 Å². The molecule has 0 amide bonds. The summed E-state index contributed by atoms with van der Waals surface area (Å²) >= 11 is 5.82. The van der Waals surface area contributed by atoms with Crippen LogP contribution in [0, 0.1) is 11.3 Å². The minimum absolute atomic E-state index is 0.0561. The van der Waals surface area contributed by atoms with Gasteiger partial charge in [-0.3, -0.25) is 0 Å². The van der Waals surface area contributed by atoms with Gasteiger partial charge < -0.3 is 5.32 Å². The standard InChI is InChI=1S/C10H9ClN8O4S2/c11-6-1-7(15-4-5(3-12)10-16-18-19-17-10)9(25(14,22)23)2-8(6)24(13,20)21/h1-2,4,15H,(H2,13,20,21)(H2,14,22,23)(H,16,17,18,19). The zero-order chi connectivity index (χ0) is 18.8. The Morgan fingerprint density at radius 3 is 2.36 bits per heavy atom. The first kappa shape index (κ1) is 18.8. The molecule has 0 saturated carbocycles. The Bertz CT molecular complexity index is 1090. The quantitative estimate of drug-likeness (QED) is 0.455. The summed E-state index contributed by atoms with van der Waals surface area (Å²) in [6, 6.07) is 3.47. The van der Waals surface area contributed by atoms with Crippen LogP contribution in [-0.4, -0.2) is 37.5 Å². The summed E-state index contributed by atoms with van der Waals surface area (Å²) in [6.45, 7) is 0. The van der Waals surface area contributed by atoms with Crippen LogP contribution in [0.3, 0.4) is 0 Å². The number of allylic oxidation sites excluding steroid dienone is 1. The van der Waals surface area contributed by atoms with Crippen LogP contribution < -0.4 is 15.6 Å². The fourth-order valence-corrected chi connectivity index (χ4v) is 3.55. The summed E-state index contributed by atoms with van der Waals surface area (Å²) in [5, 5.41) is 33.9. The Morgan fingerprint density at radius 1 is 1.24 bits per heavy atom. The molecule has 1 heterocycles. The monoisotopic (exact) mass is 404 g/mol. The number of halogens is 1. The molecule has 0 fully saturated rings. The van der Waals surface area contributed by atoms with Crippen LogP contribution in [0.1, 0.15) is 5.82 Å². The molecule has 25 heavy (non-hydrogen) atoms. The normalized spacial score (nSPS) is 12.6. The highest BCUT2D eigenvalue weighted by molar-refractivity contribution is 7.90. The fourth-order valence-electron chi connectivity index (χ4n) is 1.67. The van der Waals surface area contributed by atoms with Gasteiger partial charge in [-0.2, -0.15) is 10.5 Å². The Hall–Kier alpha value is -2.57. The average Bonchev–Trinajstić information content (AvgIpc) is 2.99. The number of benzene rings is 1. The first-order chi connectivity index (χ1) is 11.5. The predicted octanol–water partition coefficient (Wildman–Crippen LogP) is -0.876. The molecule has 0 spiro atoms.